The zero-order valence-electron chi connectivity index (χ0n) is 10.4. The molecule has 2 aromatic rings. The third-order valence-electron chi connectivity index (χ3n) is 3.57. The second-order valence-corrected chi connectivity index (χ2v) is 7.20. The number of aromatic nitrogens is 1. The standard InChI is InChI=1S/C14H11BrF3NS/c15-13-19-12-10(2-1-3-11(12)20-13)8-4-6-9(7-5-8)14(16,17)18/h4-7,10H,1-3H2. The Bertz CT molecular complexity index is 618. The minimum Gasteiger partial charge on any atom is -0.233 e. The van der Waals surface area contributed by atoms with Gasteiger partial charge in [0.1, 0.15) is 0 Å². The summed E-state index contributed by atoms with van der Waals surface area (Å²) in [7, 11) is 0. The van der Waals surface area contributed by atoms with Crippen LogP contribution >= 0.6 is 27.3 Å². The van der Waals surface area contributed by atoms with Crippen molar-refractivity contribution in [3.05, 3.63) is 49.9 Å². The summed E-state index contributed by atoms with van der Waals surface area (Å²) in [6, 6.07) is 5.47. The highest BCUT2D eigenvalue weighted by Gasteiger charge is 2.31. The summed E-state index contributed by atoms with van der Waals surface area (Å²) in [4.78, 5) is 5.74. The number of nitrogens with zero attached hydrogens (tertiary/aromatic N) is 1. The van der Waals surface area contributed by atoms with E-state index in [9.17, 15) is 13.2 Å². The lowest BCUT2D eigenvalue weighted by atomic mass is 9.85. The van der Waals surface area contributed by atoms with Crippen molar-refractivity contribution in [2.24, 2.45) is 0 Å². The van der Waals surface area contributed by atoms with Crippen LogP contribution in [0.15, 0.2) is 28.2 Å². The van der Waals surface area contributed by atoms with Gasteiger partial charge in [0.2, 0.25) is 0 Å². The van der Waals surface area contributed by atoms with E-state index in [1.165, 1.54) is 4.88 Å². The molecule has 1 aliphatic carbocycles. The van der Waals surface area contributed by atoms with Crippen LogP contribution in [-0.2, 0) is 12.6 Å². The van der Waals surface area contributed by atoms with Crippen molar-refractivity contribution in [2.45, 2.75) is 31.4 Å². The molecule has 1 aromatic carbocycles. The van der Waals surface area contributed by atoms with Crippen LogP contribution in [0.2, 0.25) is 0 Å². The molecule has 0 amide bonds. The van der Waals surface area contributed by atoms with E-state index in [1.807, 2.05) is 0 Å². The molecule has 1 nitrogen and oxygen atoms in total. The van der Waals surface area contributed by atoms with Gasteiger partial charge in [0.05, 0.1) is 11.3 Å². The highest BCUT2D eigenvalue weighted by Crippen LogP contribution is 2.40. The van der Waals surface area contributed by atoms with Crippen LogP contribution in [0, 0.1) is 0 Å². The zero-order chi connectivity index (χ0) is 14.3. The smallest absolute Gasteiger partial charge is 0.233 e. The first kappa shape index (κ1) is 14.1. The van der Waals surface area contributed by atoms with Crippen molar-refractivity contribution in [2.75, 3.05) is 0 Å². The molecule has 1 atom stereocenters. The average molecular weight is 362 g/mol. The fraction of sp³-hybridized carbons (Fsp3) is 0.357. The minimum absolute atomic E-state index is 0.114. The Balaban J connectivity index is 1.94. The van der Waals surface area contributed by atoms with Crippen molar-refractivity contribution >= 4 is 27.3 Å². The van der Waals surface area contributed by atoms with Gasteiger partial charge < -0.3 is 0 Å². The number of hydrogen-bond donors (Lipinski definition) is 0. The van der Waals surface area contributed by atoms with Gasteiger partial charge >= 0.3 is 6.18 Å². The molecule has 0 aliphatic heterocycles. The Hall–Kier alpha value is -0.880. The maximum Gasteiger partial charge on any atom is 0.416 e. The molecule has 20 heavy (non-hydrogen) atoms. The van der Waals surface area contributed by atoms with E-state index in [2.05, 4.69) is 20.9 Å². The van der Waals surface area contributed by atoms with Crippen molar-refractivity contribution < 1.29 is 13.2 Å². The molecule has 0 N–H and O–H groups in total. The molecular formula is C14H11BrF3NS. The molecule has 0 saturated heterocycles. The first-order chi connectivity index (χ1) is 9.45. The van der Waals surface area contributed by atoms with Crippen LogP contribution in [-0.4, -0.2) is 4.98 Å². The second-order valence-electron chi connectivity index (χ2n) is 4.84. The number of halogens is 4. The lowest BCUT2D eigenvalue weighted by Gasteiger charge is -2.21. The van der Waals surface area contributed by atoms with Crippen molar-refractivity contribution in [3.63, 3.8) is 0 Å². The highest BCUT2D eigenvalue weighted by molar-refractivity contribution is 9.11. The molecule has 1 unspecified atom stereocenters. The molecule has 0 fully saturated rings. The van der Waals surface area contributed by atoms with Gasteiger partial charge in [-0.25, -0.2) is 4.98 Å². The van der Waals surface area contributed by atoms with Crippen LogP contribution in [0.1, 0.15) is 40.5 Å². The largest absolute Gasteiger partial charge is 0.416 e. The Morgan fingerprint density at radius 2 is 1.90 bits per heavy atom. The Labute approximate surface area is 127 Å². The maximum atomic E-state index is 12.6. The van der Waals surface area contributed by atoms with Gasteiger partial charge in [-0.2, -0.15) is 13.2 Å². The van der Waals surface area contributed by atoms with E-state index in [0.29, 0.717) is 0 Å². The topological polar surface area (TPSA) is 12.9 Å². The van der Waals surface area contributed by atoms with E-state index < -0.39 is 11.7 Å². The Kier molecular flexibility index (Phi) is 3.62. The van der Waals surface area contributed by atoms with Gasteiger partial charge in [0.25, 0.3) is 0 Å². The van der Waals surface area contributed by atoms with E-state index in [4.69, 9.17) is 0 Å². The normalized spacial score (nSPS) is 18.9. The number of benzene rings is 1. The third-order valence-corrected chi connectivity index (χ3v) is 5.15. The molecule has 1 aliphatic rings. The van der Waals surface area contributed by atoms with Gasteiger partial charge in [0.15, 0.2) is 3.92 Å². The monoisotopic (exact) mass is 361 g/mol. The SMILES string of the molecule is FC(F)(F)c1ccc(C2CCCc3sc(Br)nc32)cc1. The number of rotatable bonds is 1. The van der Waals surface area contributed by atoms with Crippen LogP contribution in [0.3, 0.4) is 0 Å². The molecule has 0 bridgehead atoms. The number of alkyl halides is 3. The van der Waals surface area contributed by atoms with Gasteiger partial charge in [-0.1, -0.05) is 12.1 Å². The predicted molar refractivity (Wildman–Crippen MR) is 76.0 cm³/mol. The molecule has 106 valence electrons. The van der Waals surface area contributed by atoms with Gasteiger partial charge in [-0.05, 0) is 52.9 Å². The summed E-state index contributed by atoms with van der Waals surface area (Å²) < 4.78 is 38.6. The Morgan fingerprint density at radius 1 is 1.20 bits per heavy atom. The van der Waals surface area contributed by atoms with E-state index >= 15 is 0 Å². The van der Waals surface area contributed by atoms with Crippen molar-refractivity contribution in [3.8, 4) is 0 Å². The lowest BCUT2D eigenvalue weighted by Crippen LogP contribution is -2.11. The predicted octanol–water partition coefficient (Wildman–Crippen LogP) is 5.39. The molecule has 0 radical (unpaired) electrons. The quantitative estimate of drug-likeness (QED) is 0.663. The summed E-state index contributed by atoms with van der Waals surface area (Å²) in [5.41, 5.74) is 1.33. The highest BCUT2D eigenvalue weighted by atomic mass is 79.9. The summed E-state index contributed by atoms with van der Waals surface area (Å²) in [6.45, 7) is 0. The van der Waals surface area contributed by atoms with Gasteiger partial charge in [-0.3, -0.25) is 0 Å². The van der Waals surface area contributed by atoms with Crippen LogP contribution in [0.5, 0.6) is 0 Å². The Morgan fingerprint density at radius 3 is 2.55 bits per heavy atom. The third kappa shape index (κ3) is 2.63. The van der Waals surface area contributed by atoms with E-state index in [1.54, 1.807) is 23.5 Å². The second kappa shape index (κ2) is 5.15. The fourth-order valence-corrected chi connectivity index (χ4v) is 4.28. The average Bonchev–Trinajstić information content (AvgIpc) is 2.78. The first-order valence-electron chi connectivity index (χ1n) is 6.27. The van der Waals surface area contributed by atoms with Crippen LogP contribution in [0.25, 0.3) is 0 Å². The molecule has 1 heterocycles. The number of thiazole rings is 1. The van der Waals surface area contributed by atoms with E-state index in [-0.39, 0.29) is 5.92 Å². The lowest BCUT2D eigenvalue weighted by molar-refractivity contribution is -0.137. The van der Waals surface area contributed by atoms with Crippen molar-refractivity contribution in [1.82, 2.24) is 4.98 Å². The summed E-state index contributed by atoms with van der Waals surface area (Å²) in [5.74, 6) is 0.114. The molecule has 6 heteroatoms. The van der Waals surface area contributed by atoms with Crippen LogP contribution in [0.4, 0.5) is 13.2 Å². The summed E-state index contributed by atoms with van der Waals surface area (Å²) in [6.07, 6.45) is -1.28. The number of fused-ring (bicyclic) bond motifs is 1. The van der Waals surface area contributed by atoms with E-state index in [0.717, 1.165) is 46.6 Å². The van der Waals surface area contributed by atoms with Gasteiger partial charge in [-0.15, -0.1) is 11.3 Å². The maximum absolute atomic E-state index is 12.6. The summed E-state index contributed by atoms with van der Waals surface area (Å²) >= 11 is 5.01. The molecule has 1 aromatic heterocycles. The minimum atomic E-state index is -4.28. The molecule has 0 spiro atoms. The number of hydrogen-bond acceptors (Lipinski definition) is 2. The fourth-order valence-electron chi connectivity index (χ4n) is 2.62. The first-order valence-corrected chi connectivity index (χ1v) is 7.88. The molecular weight excluding hydrogens is 351 g/mol. The zero-order valence-corrected chi connectivity index (χ0v) is 12.8. The number of aryl methyl sites for hydroxylation is 1. The summed E-state index contributed by atoms with van der Waals surface area (Å²) in [5, 5.41) is 0. The van der Waals surface area contributed by atoms with Crippen molar-refractivity contribution in [1.29, 1.82) is 0 Å². The molecule has 0 saturated carbocycles. The van der Waals surface area contributed by atoms with Gasteiger partial charge in [0, 0.05) is 10.8 Å². The van der Waals surface area contributed by atoms with Crippen LogP contribution < -0.4 is 0 Å². The molecule has 3 rings (SSSR count).